The highest BCUT2D eigenvalue weighted by molar-refractivity contribution is 6.76. The van der Waals surface area contributed by atoms with E-state index in [1.54, 1.807) is 12.1 Å². The summed E-state index contributed by atoms with van der Waals surface area (Å²) in [5.74, 6) is -0.501. The van der Waals surface area contributed by atoms with Crippen LogP contribution in [-0.4, -0.2) is 57.1 Å². The van der Waals surface area contributed by atoms with Gasteiger partial charge in [0.2, 0.25) is 0 Å². The fourth-order valence-corrected chi connectivity index (χ4v) is 4.28. The van der Waals surface area contributed by atoms with E-state index >= 15 is 0 Å². The van der Waals surface area contributed by atoms with Gasteiger partial charge in [0.05, 0.1) is 24.4 Å². The number of hydrogen-bond acceptors (Lipinski definition) is 7. The van der Waals surface area contributed by atoms with E-state index in [-0.39, 0.29) is 24.6 Å². The Hall–Kier alpha value is -1.55. The molecule has 0 unspecified atom stereocenters. The zero-order valence-electron chi connectivity index (χ0n) is 23.5. The van der Waals surface area contributed by atoms with Crippen molar-refractivity contribution in [2.24, 2.45) is 0 Å². The van der Waals surface area contributed by atoms with Crippen molar-refractivity contribution >= 4 is 44.2 Å². The van der Waals surface area contributed by atoms with E-state index in [4.69, 9.17) is 35.1 Å². The minimum atomic E-state index is -1.38. The molecule has 0 aliphatic carbocycles. The SMILES string of the molecule is CC(C)(C)OC(=O)CCCOc1cc(Cl)c(B2OC(C)(C)C(C)(C)O2)cc1C(=O)OCC[Si](C)(C)C. The molecule has 1 heterocycles. The lowest BCUT2D eigenvalue weighted by molar-refractivity contribution is -0.155. The fourth-order valence-electron chi connectivity index (χ4n) is 3.32. The smallest absolute Gasteiger partial charge is 0.493 e. The molecule has 1 aliphatic rings. The summed E-state index contributed by atoms with van der Waals surface area (Å²) >= 11 is 6.61. The van der Waals surface area contributed by atoms with Crippen molar-refractivity contribution in [3.63, 3.8) is 0 Å². The number of carbonyl (C=O) groups excluding carboxylic acids is 2. The predicted molar refractivity (Wildman–Crippen MR) is 146 cm³/mol. The lowest BCUT2D eigenvalue weighted by Crippen LogP contribution is -2.41. The highest BCUT2D eigenvalue weighted by atomic mass is 35.5. The second-order valence-corrected chi connectivity index (χ2v) is 18.5. The normalized spacial score (nSPS) is 17.1. The zero-order chi connectivity index (χ0) is 27.5. The Balaban J connectivity index is 2.22. The van der Waals surface area contributed by atoms with Gasteiger partial charge in [-0.25, -0.2) is 4.79 Å². The number of rotatable bonds is 10. The maximum Gasteiger partial charge on any atom is 0.496 e. The van der Waals surface area contributed by atoms with Gasteiger partial charge in [-0.15, -0.1) is 0 Å². The first-order chi connectivity index (χ1) is 16.3. The molecule has 0 atom stereocenters. The molecule has 1 saturated heterocycles. The van der Waals surface area contributed by atoms with Gasteiger partial charge in [-0.2, -0.15) is 0 Å². The van der Waals surface area contributed by atoms with Crippen LogP contribution < -0.4 is 10.2 Å². The summed E-state index contributed by atoms with van der Waals surface area (Å²) in [6.07, 6.45) is 0.628. The van der Waals surface area contributed by atoms with Gasteiger partial charge in [0.1, 0.15) is 16.9 Å². The van der Waals surface area contributed by atoms with Gasteiger partial charge in [0, 0.05) is 25.0 Å². The van der Waals surface area contributed by atoms with Crippen molar-refractivity contribution in [3.8, 4) is 5.75 Å². The summed E-state index contributed by atoms with van der Waals surface area (Å²) in [4.78, 5) is 25.1. The van der Waals surface area contributed by atoms with Gasteiger partial charge in [0.25, 0.3) is 0 Å². The molecule has 1 aromatic rings. The molecule has 1 fully saturated rings. The van der Waals surface area contributed by atoms with Crippen molar-refractivity contribution in [1.82, 2.24) is 0 Å². The van der Waals surface area contributed by atoms with Crippen molar-refractivity contribution < 1.29 is 33.1 Å². The Labute approximate surface area is 222 Å². The number of hydrogen-bond donors (Lipinski definition) is 0. The van der Waals surface area contributed by atoms with Crippen molar-refractivity contribution in [2.45, 2.75) is 104 Å². The average Bonchev–Trinajstić information content (AvgIpc) is 2.89. The maximum absolute atomic E-state index is 13.1. The van der Waals surface area contributed by atoms with Gasteiger partial charge in [-0.1, -0.05) is 31.2 Å². The Morgan fingerprint density at radius 2 is 1.61 bits per heavy atom. The van der Waals surface area contributed by atoms with Crippen LogP contribution in [-0.2, 0) is 23.6 Å². The third kappa shape index (κ3) is 8.78. The molecule has 0 N–H and O–H groups in total. The van der Waals surface area contributed by atoms with Crippen LogP contribution in [0.1, 0.15) is 71.7 Å². The van der Waals surface area contributed by atoms with E-state index < -0.39 is 38.0 Å². The molecule has 10 heteroatoms. The Kier molecular flexibility index (Phi) is 9.76. The van der Waals surface area contributed by atoms with Crippen molar-refractivity contribution in [3.05, 3.63) is 22.7 Å². The van der Waals surface area contributed by atoms with E-state index in [0.29, 0.717) is 29.3 Å². The molecule has 7 nitrogen and oxygen atoms in total. The van der Waals surface area contributed by atoms with Crippen molar-refractivity contribution in [2.75, 3.05) is 13.2 Å². The molecule has 202 valence electrons. The molecular weight excluding hydrogens is 499 g/mol. The van der Waals surface area contributed by atoms with Crippen LogP contribution >= 0.6 is 11.6 Å². The summed E-state index contributed by atoms with van der Waals surface area (Å²) in [6.45, 7) is 20.5. The Morgan fingerprint density at radius 3 is 2.14 bits per heavy atom. The van der Waals surface area contributed by atoms with Gasteiger partial charge in [0.15, 0.2) is 0 Å². The lowest BCUT2D eigenvalue weighted by atomic mass is 9.78. The molecule has 0 bridgehead atoms. The maximum atomic E-state index is 13.1. The minimum absolute atomic E-state index is 0.201. The number of ether oxygens (including phenoxy) is 3. The molecule has 0 spiro atoms. The fraction of sp³-hybridized carbons (Fsp3) is 0.692. The Morgan fingerprint density at radius 1 is 1.03 bits per heavy atom. The van der Waals surface area contributed by atoms with Crippen LogP contribution in [0.5, 0.6) is 5.75 Å². The molecule has 0 amide bonds. The third-order valence-corrected chi connectivity index (χ3v) is 8.15. The molecule has 36 heavy (non-hydrogen) atoms. The first-order valence-corrected chi connectivity index (χ1v) is 16.6. The van der Waals surface area contributed by atoms with E-state index in [1.807, 2.05) is 48.5 Å². The standard InChI is InChI=1S/C26H42BClO7Si/c1-24(2,3)33-22(29)12-11-13-31-21-17-20(28)19(27-34-25(4,5)26(6,7)35-27)16-18(21)23(30)32-14-15-36(8,9)10/h16-17H,11-15H2,1-10H3. The summed E-state index contributed by atoms with van der Waals surface area (Å²) in [6, 6.07) is 4.07. The zero-order valence-corrected chi connectivity index (χ0v) is 25.3. The third-order valence-electron chi connectivity index (χ3n) is 6.11. The summed E-state index contributed by atoms with van der Waals surface area (Å²) in [5, 5.41) is 0.356. The second-order valence-electron chi connectivity index (χ2n) is 12.4. The van der Waals surface area contributed by atoms with Crippen LogP contribution in [0.15, 0.2) is 12.1 Å². The summed E-state index contributed by atoms with van der Waals surface area (Å²) < 4.78 is 29.1. The van der Waals surface area contributed by atoms with E-state index in [2.05, 4.69) is 19.6 Å². The monoisotopic (exact) mass is 540 g/mol. The van der Waals surface area contributed by atoms with Gasteiger partial charge in [-0.3, -0.25) is 4.79 Å². The lowest BCUT2D eigenvalue weighted by Gasteiger charge is -2.32. The molecule has 0 aromatic heterocycles. The molecule has 0 radical (unpaired) electrons. The summed E-state index contributed by atoms with van der Waals surface area (Å²) in [5.41, 5.74) is -0.877. The molecule has 0 saturated carbocycles. The largest absolute Gasteiger partial charge is 0.496 e. The number of esters is 2. The van der Waals surface area contributed by atoms with E-state index in [1.165, 1.54) is 0 Å². The highest BCUT2D eigenvalue weighted by Crippen LogP contribution is 2.37. The van der Waals surface area contributed by atoms with Crippen LogP contribution in [0, 0.1) is 0 Å². The first-order valence-electron chi connectivity index (χ1n) is 12.5. The predicted octanol–water partition coefficient (Wildman–Crippen LogP) is 5.63. The van der Waals surface area contributed by atoms with Crippen LogP contribution in [0.2, 0.25) is 30.7 Å². The molecule has 1 aliphatic heterocycles. The molecule has 1 aromatic carbocycles. The quantitative estimate of drug-likeness (QED) is 0.216. The number of carbonyl (C=O) groups is 2. The topological polar surface area (TPSA) is 80.3 Å². The Bertz CT molecular complexity index is 935. The second kappa shape index (κ2) is 11.5. The van der Waals surface area contributed by atoms with E-state index in [0.717, 1.165) is 6.04 Å². The van der Waals surface area contributed by atoms with Crippen LogP contribution in [0.4, 0.5) is 0 Å². The minimum Gasteiger partial charge on any atom is -0.493 e. The van der Waals surface area contributed by atoms with E-state index in [9.17, 15) is 9.59 Å². The number of benzene rings is 1. The van der Waals surface area contributed by atoms with Gasteiger partial charge in [-0.05, 0) is 73.1 Å². The first kappa shape index (κ1) is 30.7. The van der Waals surface area contributed by atoms with Gasteiger partial charge < -0.3 is 23.5 Å². The van der Waals surface area contributed by atoms with Crippen LogP contribution in [0.3, 0.4) is 0 Å². The molecule has 2 rings (SSSR count). The average molecular weight is 541 g/mol. The van der Waals surface area contributed by atoms with Crippen LogP contribution in [0.25, 0.3) is 0 Å². The summed E-state index contributed by atoms with van der Waals surface area (Å²) in [7, 11) is -2.12. The van der Waals surface area contributed by atoms with Crippen molar-refractivity contribution in [1.29, 1.82) is 0 Å². The number of halogens is 1. The molecular formula is C26H42BClO7Si. The highest BCUT2D eigenvalue weighted by Gasteiger charge is 2.52. The van der Waals surface area contributed by atoms with Gasteiger partial charge >= 0.3 is 19.1 Å².